The number of rotatable bonds is 9. The molecule has 2 heterocycles. The number of nitrogen functional groups attached to an aromatic ring is 1. The van der Waals surface area contributed by atoms with Gasteiger partial charge in [0.15, 0.2) is 5.82 Å². The van der Waals surface area contributed by atoms with E-state index in [-0.39, 0.29) is 5.54 Å². The lowest BCUT2D eigenvalue weighted by Crippen LogP contribution is -2.38. The van der Waals surface area contributed by atoms with Gasteiger partial charge in [0.1, 0.15) is 5.52 Å². The molecule has 0 saturated heterocycles. The molecule has 3 aromatic rings. The van der Waals surface area contributed by atoms with Crippen LogP contribution in [-0.4, -0.2) is 45.3 Å². The van der Waals surface area contributed by atoms with Crippen molar-refractivity contribution in [2.45, 2.75) is 65.6 Å². The third-order valence-electron chi connectivity index (χ3n) is 5.73. The molecular weight excluding hydrogens is 360 g/mol. The van der Waals surface area contributed by atoms with Crippen LogP contribution in [0.4, 0.5) is 5.82 Å². The van der Waals surface area contributed by atoms with E-state index in [1.165, 1.54) is 24.8 Å². The Hall–Kier alpha value is -2.18. The fraction of sp³-hybridized carbons (Fsp3) is 0.565. The van der Waals surface area contributed by atoms with E-state index in [1.54, 1.807) is 0 Å². The number of benzene rings is 1. The van der Waals surface area contributed by atoms with E-state index in [2.05, 4.69) is 79.4 Å². The molecule has 0 aliphatic heterocycles. The zero-order chi connectivity index (χ0) is 21.0. The second-order valence-electron chi connectivity index (χ2n) is 8.94. The number of nitrogens with one attached hydrogen (secondary N) is 1. The van der Waals surface area contributed by atoms with Crippen LogP contribution in [-0.2, 0) is 13.1 Å². The average Bonchev–Trinajstić information content (AvgIpc) is 3.10. The molecule has 0 saturated carbocycles. The second-order valence-corrected chi connectivity index (χ2v) is 8.94. The molecule has 158 valence electrons. The van der Waals surface area contributed by atoms with Gasteiger partial charge in [-0.1, -0.05) is 25.5 Å². The molecule has 3 rings (SSSR count). The summed E-state index contributed by atoms with van der Waals surface area (Å²) in [6.45, 7) is 11.6. The van der Waals surface area contributed by atoms with E-state index in [0.29, 0.717) is 12.5 Å². The van der Waals surface area contributed by atoms with Crippen molar-refractivity contribution in [1.29, 1.82) is 0 Å². The Bertz CT molecular complexity index is 953. The van der Waals surface area contributed by atoms with Gasteiger partial charge < -0.3 is 10.6 Å². The number of aryl methyl sites for hydroxylation is 1. The van der Waals surface area contributed by atoms with E-state index in [1.807, 2.05) is 4.68 Å². The summed E-state index contributed by atoms with van der Waals surface area (Å²) in [7, 11) is 2.21. The highest BCUT2D eigenvalue weighted by Crippen LogP contribution is 2.28. The maximum Gasteiger partial charge on any atom is 0.152 e. The molecular formula is C23H36N6. The van der Waals surface area contributed by atoms with Crippen molar-refractivity contribution in [3.8, 4) is 0 Å². The number of pyridine rings is 1. The van der Waals surface area contributed by atoms with Gasteiger partial charge in [0, 0.05) is 22.5 Å². The van der Waals surface area contributed by atoms with Crippen LogP contribution in [0.5, 0.6) is 0 Å². The summed E-state index contributed by atoms with van der Waals surface area (Å²) in [5.74, 6) is 0.505. The highest BCUT2D eigenvalue weighted by Gasteiger charge is 2.15. The lowest BCUT2D eigenvalue weighted by molar-refractivity contribution is 0.172. The number of hydrogen-bond donors (Lipinski definition) is 2. The third kappa shape index (κ3) is 5.25. The summed E-state index contributed by atoms with van der Waals surface area (Å²) in [5, 5.41) is 10.1. The fourth-order valence-electron chi connectivity index (χ4n) is 3.54. The Morgan fingerprint density at radius 3 is 2.66 bits per heavy atom. The van der Waals surface area contributed by atoms with Crippen LogP contribution in [0.1, 0.15) is 52.5 Å². The number of hydrogen-bond acceptors (Lipinski definition) is 5. The maximum absolute atomic E-state index is 6.21. The number of fused-ring (bicyclic) bond motifs is 3. The smallest absolute Gasteiger partial charge is 0.152 e. The molecule has 0 atom stereocenters. The Morgan fingerprint density at radius 2 is 1.93 bits per heavy atom. The SMILES string of the molecule is CCNCn1cc2c(n1)c(N)nc1cc(CCCCCN(C)C(C)(C)C)ccc12. The van der Waals surface area contributed by atoms with Gasteiger partial charge in [-0.3, -0.25) is 10.00 Å². The first kappa shape index (κ1) is 21.5. The maximum atomic E-state index is 6.21. The molecule has 29 heavy (non-hydrogen) atoms. The van der Waals surface area contributed by atoms with Gasteiger partial charge >= 0.3 is 0 Å². The zero-order valence-electron chi connectivity index (χ0n) is 18.6. The van der Waals surface area contributed by atoms with Gasteiger partial charge in [-0.15, -0.1) is 0 Å². The summed E-state index contributed by atoms with van der Waals surface area (Å²) < 4.78 is 1.90. The summed E-state index contributed by atoms with van der Waals surface area (Å²) in [6, 6.07) is 6.59. The Labute approximate surface area is 174 Å². The topological polar surface area (TPSA) is 72.0 Å². The molecule has 0 spiro atoms. The molecule has 6 nitrogen and oxygen atoms in total. The molecule has 0 radical (unpaired) electrons. The van der Waals surface area contributed by atoms with Gasteiger partial charge in [-0.25, -0.2) is 4.98 Å². The van der Waals surface area contributed by atoms with Crippen molar-refractivity contribution < 1.29 is 0 Å². The molecule has 2 aromatic heterocycles. The molecule has 0 aliphatic rings. The van der Waals surface area contributed by atoms with Gasteiger partial charge in [-0.05, 0) is 71.8 Å². The van der Waals surface area contributed by atoms with E-state index < -0.39 is 0 Å². The highest BCUT2D eigenvalue weighted by atomic mass is 15.3. The first-order valence-corrected chi connectivity index (χ1v) is 10.8. The monoisotopic (exact) mass is 396 g/mol. The minimum atomic E-state index is 0.246. The predicted octanol–water partition coefficient (Wildman–Crippen LogP) is 4.18. The lowest BCUT2D eigenvalue weighted by Gasteiger charge is -2.31. The van der Waals surface area contributed by atoms with Crippen molar-refractivity contribution in [2.24, 2.45) is 0 Å². The molecule has 6 heteroatoms. The van der Waals surface area contributed by atoms with Crippen molar-refractivity contribution in [3.63, 3.8) is 0 Å². The van der Waals surface area contributed by atoms with Gasteiger partial charge in [0.2, 0.25) is 0 Å². The number of nitrogens with two attached hydrogens (primary N) is 1. The van der Waals surface area contributed by atoms with Crippen LogP contribution in [0, 0.1) is 0 Å². The normalized spacial score (nSPS) is 12.5. The van der Waals surface area contributed by atoms with Crippen molar-refractivity contribution in [1.82, 2.24) is 25.0 Å². The molecule has 0 aliphatic carbocycles. The Balaban J connectivity index is 1.66. The second kappa shape index (κ2) is 9.09. The Kier molecular flexibility index (Phi) is 6.75. The van der Waals surface area contributed by atoms with Crippen molar-refractivity contribution in [2.75, 3.05) is 25.9 Å². The van der Waals surface area contributed by atoms with E-state index in [4.69, 9.17) is 5.73 Å². The molecule has 0 amide bonds. The van der Waals surface area contributed by atoms with Crippen LogP contribution < -0.4 is 11.1 Å². The number of anilines is 1. The fourth-order valence-corrected chi connectivity index (χ4v) is 3.54. The molecule has 0 fully saturated rings. The lowest BCUT2D eigenvalue weighted by atomic mass is 10.0. The van der Waals surface area contributed by atoms with E-state index in [9.17, 15) is 0 Å². The summed E-state index contributed by atoms with van der Waals surface area (Å²) >= 11 is 0. The summed E-state index contributed by atoms with van der Waals surface area (Å²) in [4.78, 5) is 7.06. The van der Waals surface area contributed by atoms with Crippen LogP contribution >= 0.6 is 0 Å². The van der Waals surface area contributed by atoms with Crippen LogP contribution in [0.15, 0.2) is 24.4 Å². The molecule has 1 aromatic carbocycles. The average molecular weight is 397 g/mol. The molecule has 0 bridgehead atoms. The highest BCUT2D eigenvalue weighted by molar-refractivity contribution is 6.07. The quantitative estimate of drug-likeness (QED) is 0.531. The minimum absolute atomic E-state index is 0.246. The first-order valence-electron chi connectivity index (χ1n) is 10.8. The van der Waals surface area contributed by atoms with Crippen LogP contribution in [0.2, 0.25) is 0 Å². The van der Waals surface area contributed by atoms with Crippen molar-refractivity contribution in [3.05, 3.63) is 30.0 Å². The van der Waals surface area contributed by atoms with Gasteiger partial charge in [-0.2, -0.15) is 5.10 Å². The van der Waals surface area contributed by atoms with Crippen molar-refractivity contribution >= 4 is 27.6 Å². The van der Waals surface area contributed by atoms with E-state index in [0.717, 1.165) is 41.3 Å². The number of aromatic nitrogens is 3. The largest absolute Gasteiger partial charge is 0.382 e. The summed E-state index contributed by atoms with van der Waals surface area (Å²) in [5.41, 5.74) is 9.52. The first-order chi connectivity index (χ1) is 13.8. The third-order valence-corrected chi connectivity index (χ3v) is 5.73. The predicted molar refractivity (Wildman–Crippen MR) is 123 cm³/mol. The molecule has 0 unspecified atom stereocenters. The van der Waals surface area contributed by atoms with Crippen LogP contribution in [0.25, 0.3) is 21.8 Å². The minimum Gasteiger partial charge on any atom is -0.382 e. The van der Waals surface area contributed by atoms with Gasteiger partial charge in [0.25, 0.3) is 0 Å². The number of unbranched alkanes of at least 4 members (excludes halogenated alkanes) is 2. The molecule has 3 N–H and O–H groups in total. The number of nitrogens with zero attached hydrogens (tertiary/aromatic N) is 4. The van der Waals surface area contributed by atoms with Crippen LogP contribution in [0.3, 0.4) is 0 Å². The van der Waals surface area contributed by atoms with Gasteiger partial charge in [0.05, 0.1) is 12.2 Å². The Morgan fingerprint density at radius 1 is 1.14 bits per heavy atom. The summed E-state index contributed by atoms with van der Waals surface area (Å²) in [6.07, 6.45) is 6.81. The van der Waals surface area contributed by atoms with E-state index >= 15 is 0 Å². The standard InChI is InChI=1S/C23H36N6/c1-6-25-16-29-15-19-18-12-11-17(14-20(18)26-22(24)21(19)27-29)10-8-7-9-13-28(5)23(2,3)4/h11-12,14-15,25H,6-10,13,16H2,1-5H3,(H2,24,26). The zero-order valence-corrected chi connectivity index (χ0v) is 18.6.